The Balaban J connectivity index is 0.000000165. The minimum Gasteiger partial charge on any atom is -0.179 e. The Morgan fingerprint density at radius 3 is 1.60 bits per heavy atom. The second-order valence-electron chi connectivity index (χ2n) is 10.5. The third-order valence-corrected chi connectivity index (χ3v) is 8.65. The Morgan fingerprint density at radius 1 is 0.638 bits per heavy atom. The Hall–Kier alpha value is -4.09. The van der Waals surface area contributed by atoms with Gasteiger partial charge in [0, 0.05) is 0 Å². The molecule has 3 aliphatic rings. The normalized spacial score (nSPS) is 13.0. The predicted molar refractivity (Wildman–Crippen MR) is 181 cm³/mol. The smallest absolute Gasteiger partial charge is 0.0253 e. The van der Waals surface area contributed by atoms with E-state index in [2.05, 4.69) is 54.6 Å². The van der Waals surface area contributed by atoms with E-state index in [1.165, 1.54) is 82.8 Å². The zero-order valence-electron chi connectivity index (χ0n) is 27.6. The van der Waals surface area contributed by atoms with Crippen LogP contribution in [0.3, 0.4) is 0 Å². The van der Waals surface area contributed by atoms with Crippen LogP contribution < -0.4 is 29.2 Å². The molecular weight excluding hydrogens is 668 g/mol. The number of hydrogen-bond acceptors (Lipinski definition) is 6. The number of fused-ring (bicyclic) bond motifs is 3. The quantitative estimate of drug-likeness (QED) is 0.179. The molecule has 0 amide bonds. The summed E-state index contributed by atoms with van der Waals surface area (Å²) in [7, 11) is 5.82. The molecule has 0 spiro atoms. The zero-order valence-corrected chi connectivity index (χ0v) is 30.1. The average Bonchev–Trinajstić information content (AvgIpc) is 3.82. The molecule has 6 nitrogen and oxygen atoms in total. The van der Waals surface area contributed by atoms with Crippen LogP contribution in [0.5, 0.6) is 34.5 Å². The third-order valence-electron chi connectivity index (χ3n) is 7.42. The van der Waals surface area contributed by atoms with Gasteiger partial charge in [0.25, 0.3) is 0 Å². The fourth-order valence-corrected chi connectivity index (χ4v) is 5.82. The van der Waals surface area contributed by atoms with Crippen LogP contribution in [-0.2, 0) is 30.7 Å². The van der Waals surface area contributed by atoms with Gasteiger partial charge in [0.2, 0.25) is 0 Å². The Morgan fingerprint density at radius 2 is 1.17 bits per heavy atom. The number of methoxy groups -OCH3 is 4. The molecule has 4 aromatic carbocycles. The van der Waals surface area contributed by atoms with Crippen LogP contribution in [0.2, 0.25) is 0 Å². The van der Waals surface area contributed by atoms with Crippen molar-refractivity contribution in [3.8, 4) is 45.6 Å². The van der Waals surface area contributed by atoms with Gasteiger partial charge in [-0.2, -0.15) is 35.9 Å². The van der Waals surface area contributed by atoms with Gasteiger partial charge in [-0.1, -0.05) is 47.5 Å². The summed E-state index contributed by atoms with van der Waals surface area (Å²) >= 11 is 1.69. The zero-order chi connectivity index (χ0) is 33.9. The molecule has 0 aromatic heterocycles. The summed E-state index contributed by atoms with van der Waals surface area (Å²) in [6.07, 6.45) is 18.4. The summed E-state index contributed by atoms with van der Waals surface area (Å²) in [4.78, 5) is 0. The second kappa shape index (κ2) is 20.9. The van der Waals surface area contributed by atoms with Crippen molar-refractivity contribution in [2.24, 2.45) is 0 Å². The number of hydrogen-bond donors (Lipinski definition) is 0. The monoisotopic (exact) mass is 708 g/mol. The molecule has 0 saturated heterocycles. The average molecular weight is 710 g/mol. The van der Waals surface area contributed by atoms with Gasteiger partial charge >= 0.3 is 59.5 Å². The molecule has 7 heteroatoms. The number of allylic oxidation sites excluding steroid dienone is 4. The standard InChI is InChI=1S/C13H9.2C8H10O3.C6H10.C5H5.Zr/c1-3-7-12-10(5-1)9-11-6-2-4-8-13(11)12;2*1-10-6-4-3-5-7(11-2)8(6)9;1-2-4-6-5-3-1;1-2-4-5-3-1;/h1-5,7-8H,9H2;2*3-5,9H,1-2H3;1-5H2;1-3H,4H2;/q-1;;;;-1;+2/p-2. The molecule has 0 bridgehead atoms. The second-order valence-corrected chi connectivity index (χ2v) is 12.3. The SMILES string of the molecule is COc1cccc(OC)c1[O-].COc1cccc(OC)c1[O-].[C-]1=CC=CC1.[Zr+2]=[C]1CCCCC1.[c-]1cccc2c1Cc1ccccc1-2. The topological polar surface area (TPSA) is 83.0 Å². The summed E-state index contributed by atoms with van der Waals surface area (Å²) < 4.78 is 21.0. The van der Waals surface area contributed by atoms with Crippen LogP contribution in [0.25, 0.3) is 11.1 Å². The van der Waals surface area contributed by atoms with Crippen molar-refractivity contribution in [1.82, 2.24) is 0 Å². The van der Waals surface area contributed by atoms with E-state index in [9.17, 15) is 10.2 Å². The van der Waals surface area contributed by atoms with Crippen LogP contribution in [0.15, 0.2) is 97.1 Å². The maximum Gasteiger partial charge on any atom is -0.0253 e. The third kappa shape index (κ3) is 11.9. The van der Waals surface area contributed by atoms with Crippen LogP contribution in [0.4, 0.5) is 0 Å². The van der Waals surface area contributed by atoms with E-state index >= 15 is 0 Å². The number of rotatable bonds is 4. The number of benzene rings is 4. The van der Waals surface area contributed by atoms with Crippen molar-refractivity contribution < 1.29 is 53.4 Å². The molecule has 0 atom stereocenters. The Kier molecular flexibility index (Phi) is 16.6. The van der Waals surface area contributed by atoms with Crippen molar-refractivity contribution in [3.63, 3.8) is 0 Å². The molecule has 0 N–H and O–H groups in total. The maximum absolute atomic E-state index is 11.2. The van der Waals surface area contributed by atoms with E-state index in [1.54, 1.807) is 63.8 Å². The molecule has 0 radical (unpaired) electrons. The van der Waals surface area contributed by atoms with Crippen LogP contribution in [0, 0.1) is 12.1 Å². The molecule has 7 rings (SSSR count). The first-order valence-corrected chi connectivity index (χ1v) is 16.8. The van der Waals surface area contributed by atoms with Gasteiger partial charge in [-0.15, -0.1) is 12.0 Å². The van der Waals surface area contributed by atoms with Crippen LogP contribution >= 0.6 is 0 Å². The van der Waals surface area contributed by atoms with Crippen molar-refractivity contribution in [2.75, 3.05) is 28.4 Å². The summed E-state index contributed by atoms with van der Waals surface area (Å²) in [5.74, 6) is 0.817. The fourth-order valence-electron chi connectivity index (χ4n) is 4.95. The van der Waals surface area contributed by atoms with Gasteiger partial charge in [0.15, 0.2) is 0 Å². The van der Waals surface area contributed by atoms with Crippen LogP contribution in [0.1, 0.15) is 49.7 Å². The van der Waals surface area contributed by atoms with E-state index in [-0.39, 0.29) is 11.5 Å². The molecule has 3 aliphatic carbocycles. The molecular formula is C40H42O6Zr-2. The number of ether oxygens (including phenoxy) is 4. The van der Waals surface area contributed by atoms with E-state index in [0.717, 1.165) is 12.8 Å². The van der Waals surface area contributed by atoms with Gasteiger partial charge in [0.05, 0.1) is 28.4 Å². The molecule has 0 heterocycles. The maximum atomic E-state index is 11.2. The van der Waals surface area contributed by atoms with Crippen LogP contribution in [-0.4, -0.2) is 31.6 Å². The first kappa shape index (κ1) is 37.4. The van der Waals surface area contributed by atoms with E-state index in [0.29, 0.717) is 23.0 Å². The molecule has 244 valence electrons. The first-order valence-electron chi connectivity index (χ1n) is 15.5. The predicted octanol–water partition coefficient (Wildman–Crippen LogP) is 7.59. The van der Waals surface area contributed by atoms with Gasteiger partial charge in [-0.25, -0.2) is 12.2 Å². The van der Waals surface area contributed by atoms with Crippen molar-refractivity contribution >= 4 is 3.21 Å². The summed E-state index contributed by atoms with van der Waals surface area (Å²) in [5, 5.41) is 22.4. The largest absolute Gasteiger partial charge is 0.179 e. The van der Waals surface area contributed by atoms with Gasteiger partial charge in [-0.05, 0) is 42.2 Å². The number of para-hydroxylation sites is 2. The summed E-state index contributed by atoms with van der Waals surface area (Å²) in [6, 6.07) is 27.9. The summed E-state index contributed by atoms with van der Waals surface area (Å²) in [6.45, 7) is 0. The molecule has 4 aromatic rings. The van der Waals surface area contributed by atoms with Gasteiger partial charge < -0.3 is 29.2 Å². The molecule has 0 aliphatic heterocycles. The first-order chi connectivity index (χ1) is 22.9. The summed E-state index contributed by atoms with van der Waals surface area (Å²) in [5.41, 5.74) is 5.51. The van der Waals surface area contributed by atoms with Crippen molar-refractivity contribution in [3.05, 3.63) is 120 Å². The van der Waals surface area contributed by atoms with E-state index in [1.807, 2.05) is 18.2 Å². The Labute approximate surface area is 294 Å². The van der Waals surface area contributed by atoms with Gasteiger partial charge in [0.1, 0.15) is 23.0 Å². The molecule has 1 fully saturated rings. The molecule has 1 saturated carbocycles. The molecule has 0 unspecified atom stereocenters. The minimum atomic E-state index is -0.211. The molecule has 47 heavy (non-hydrogen) atoms. The Bertz CT molecular complexity index is 1450. The van der Waals surface area contributed by atoms with E-state index < -0.39 is 0 Å². The van der Waals surface area contributed by atoms with Crippen molar-refractivity contribution in [1.29, 1.82) is 0 Å². The van der Waals surface area contributed by atoms with Crippen molar-refractivity contribution in [2.45, 2.75) is 44.9 Å². The van der Waals surface area contributed by atoms with E-state index in [4.69, 9.17) is 18.9 Å². The van der Waals surface area contributed by atoms with Gasteiger partial charge in [-0.3, -0.25) is 6.08 Å². The minimum absolute atomic E-state index is 0.211. The fraction of sp³-hybridized carbons (Fsp3) is 0.275.